The summed E-state index contributed by atoms with van der Waals surface area (Å²) in [5, 5.41) is 11.8. The van der Waals surface area contributed by atoms with E-state index in [1.807, 2.05) is 24.3 Å². The minimum atomic E-state index is -0.601. The molecule has 1 aromatic heterocycles. The largest absolute Gasteiger partial charge is 0.508 e. The van der Waals surface area contributed by atoms with E-state index < -0.39 is 12.1 Å². The Hall–Kier alpha value is -3.03. The Morgan fingerprint density at radius 3 is 2.68 bits per heavy atom. The van der Waals surface area contributed by atoms with E-state index in [0.29, 0.717) is 18.0 Å². The second-order valence-corrected chi connectivity index (χ2v) is 9.45. The van der Waals surface area contributed by atoms with Crippen LogP contribution in [0.1, 0.15) is 36.7 Å². The smallest absolute Gasteiger partial charge is 0.246 e. The molecule has 178 valence electrons. The number of aromatic hydroxyl groups is 1. The van der Waals surface area contributed by atoms with Gasteiger partial charge in [-0.2, -0.15) is 0 Å². The molecule has 0 aliphatic carbocycles. The zero-order valence-corrected chi connectivity index (χ0v) is 20.2. The Balaban J connectivity index is 1.59. The summed E-state index contributed by atoms with van der Waals surface area (Å²) in [6, 6.07) is 11.5. The second-order valence-electron chi connectivity index (χ2n) is 9.01. The van der Waals surface area contributed by atoms with Crippen molar-refractivity contribution in [3.63, 3.8) is 0 Å². The van der Waals surface area contributed by atoms with E-state index in [4.69, 9.17) is 11.6 Å². The predicted octanol–water partition coefficient (Wildman–Crippen LogP) is 3.55. The number of fused-ring (bicyclic) bond motifs is 4. The van der Waals surface area contributed by atoms with Crippen LogP contribution < -0.4 is 0 Å². The highest BCUT2D eigenvalue weighted by molar-refractivity contribution is 6.31. The van der Waals surface area contributed by atoms with Crippen LogP contribution in [0.3, 0.4) is 0 Å². The number of likely N-dealkylation sites (N-methyl/N-ethyl adjacent to an activating group) is 1. The molecular weight excluding hydrogens is 452 g/mol. The van der Waals surface area contributed by atoms with E-state index >= 15 is 0 Å². The van der Waals surface area contributed by atoms with E-state index in [2.05, 4.69) is 23.7 Å². The van der Waals surface area contributed by atoms with Gasteiger partial charge >= 0.3 is 0 Å². The summed E-state index contributed by atoms with van der Waals surface area (Å²) in [6.45, 7) is 7.33. The predicted molar refractivity (Wildman–Crippen MR) is 132 cm³/mol. The SMILES string of the molecule is CCN(CC)CCN1CC(=O)N2[C@H](c3cccc(O)c3)c3[nH]c4ccc(Cl)cc4c3C[C@@H]2C1=O. The summed E-state index contributed by atoms with van der Waals surface area (Å²) in [5.74, 6) is 0.00993. The van der Waals surface area contributed by atoms with Crippen molar-refractivity contribution in [1.29, 1.82) is 0 Å². The summed E-state index contributed by atoms with van der Waals surface area (Å²) >= 11 is 6.31. The fraction of sp³-hybridized carbons (Fsp3) is 0.385. The first-order valence-corrected chi connectivity index (χ1v) is 12.2. The van der Waals surface area contributed by atoms with Crippen molar-refractivity contribution in [3.05, 3.63) is 64.3 Å². The van der Waals surface area contributed by atoms with Crippen LogP contribution in [-0.4, -0.2) is 75.4 Å². The fourth-order valence-corrected chi connectivity index (χ4v) is 5.55. The molecule has 0 radical (unpaired) electrons. The lowest BCUT2D eigenvalue weighted by atomic mass is 9.86. The van der Waals surface area contributed by atoms with Crippen LogP contribution in [0.15, 0.2) is 42.5 Å². The van der Waals surface area contributed by atoms with Crippen LogP contribution in [0.25, 0.3) is 10.9 Å². The summed E-state index contributed by atoms with van der Waals surface area (Å²) in [5.41, 5.74) is 3.55. The number of phenols is 1. The van der Waals surface area contributed by atoms with Gasteiger partial charge in [-0.05, 0) is 54.5 Å². The molecule has 5 rings (SSSR count). The molecule has 2 aliphatic rings. The van der Waals surface area contributed by atoms with Gasteiger partial charge in [0.1, 0.15) is 11.8 Å². The number of hydrogen-bond donors (Lipinski definition) is 2. The minimum absolute atomic E-state index is 0.0288. The van der Waals surface area contributed by atoms with Crippen LogP contribution in [0.2, 0.25) is 5.02 Å². The Labute approximate surface area is 203 Å². The van der Waals surface area contributed by atoms with Crippen molar-refractivity contribution in [2.45, 2.75) is 32.4 Å². The third-order valence-electron chi connectivity index (χ3n) is 7.16. The Bertz CT molecular complexity index is 1250. The Morgan fingerprint density at radius 2 is 1.94 bits per heavy atom. The molecule has 1 fully saturated rings. The number of aromatic amines is 1. The number of amides is 2. The maximum atomic E-state index is 13.7. The number of carbonyl (C=O) groups is 2. The van der Waals surface area contributed by atoms with Crippen molar-refractivity contribution < 1.29 is 14.7 Å². The number of hydrogen-bond acceptors (Lipinski definition) is 4. The number of nitrogens with one attached hydrogen (secondary N) is 1. The molecule has 7 nitrogen and oxygen atoms in total. The number of H-pyrrole nitrogens is 1. The van der Waals surface area contributed by atoms with Gasteiger partial charge in [0.05, 0.1) is 12.6 Å². The number of piperazine rings is 1. The van der Waals surface area contributed by atoms with Gasteiger partial charge in [-0.15, -0.1) is 0 Å². The molecule has 0 bridgehead atoms. The van der Waals surface area contributed by atoms with Crippen molar-refractivity contribution >= 4 is 34.3 Å². The van der Waals surface area contributed by atoms with Gasteiger partial charge in [-0.3, -0.25) is 9.59 Å². The maximum absolute atomic E-state index is 13.7. The fourth-order valence-electron chi connectivity index (χ4n) is 5.38. The van der Waals surface area contributed by atoms with Crippen LogP contribution in [-0.2, 0) is 16.0 Å². The molecule has 2 aliphatic heterocycles. The van der Waals surface area contributed by atoms with E-state index in [9.17, 15) is 14.7 Å². The molecule has 0 unspecified atom stereocenters. The lowest BCUT2D eigenvalue weighted by Gasteiger charge is -2.47. The molecule has 2 amide bonds. The molecule has 2 aromatic carbocycles. The monoisotopic (exact) mass is 480 g/mol. The highest BCUT2D eigenvalue weighted by Gasteiger charge is 2.48. The standard InChI is InChI=1S/C26H29ClN4O3/c1-3-29(4-2)10-11-30-15-23(33)31-22(26(30)34)14-20-19-13-17(27)8-9-21(19)28-24(20)25(31)16-6-5-7-18(32)12-16/h5-9,12-13,22,25,28,32H,3-4,10-11,14-15H2,1-2H3/t22-,25-/m1/s1. The molecule has 1 saturated heterocycles. The minimum Gasteiger partial charge on any atom is -0.508 e. The van der Waals surface area contributed by atoms with Gasteiger partial charge in [-0.25, -0.2) is 0 Å². The Kier molecular flexibility index (Phi) is 6.00. The van der Waals surface area contributed by atoms with Crippen molar-refractivity contribution in [1.82, 2.24) is 19.7 Å². The number of halogens is 1. The first-order chi connectivity index (χ1) is 16.4. The maximum Gasteiger partial charge on any atom is 0.246 e. The number of benzene rings is 2. The first-order valence-electron chi connectivity index (χ1n) is 11.8. The third kappa shape index (κ3) is 3.83. The molecule has 3 aromatic rings. The van der Waals surface area contributed by atoms with Gasteiger partial charge in [0.2, 0.25) is 11.8 Å². The highest BCUT2D eigenvalue weighted by atomic mass is 35.5. The molecule has 0 spiro atoms. The number of aromatic nitrogens is 1. The molecule has 8 heteroatoms. The van der Waals surface area contributed by atoms with Gasteiger partial charge in [0.25, 0.3) is 0 Å². The van der Waals surface area contributed by atoms with Crippen molar-refractivity contribution in [2.24, 2.45) is 0 Å². The molecule has 0 saturated carbocycles. The van der Waals surface area contributed by atoms with E-state index in [0.717, 1.165) is 47.4 Å². The molecule has 3 heterocycles. The van der Waals surface area contributed by atoms with E-state index in [-0.39, 0.29) is 24.1 Å². The van der Waals surface area contributed by atoms with E-state index in [1.54, 1.807) is 28.0 Å². The molecular formula is C26H29ClN4O3. The van der Waals surface area contributed by atoms with Gasteiger partial charge in [0.15, 0.2) is 0 Å². The summed E-state index contributed by atoms with van der Waals surface area (Å²) < 4.78 is 0. The summed E-state index contributed by atoms with van der Waals surface area (Å²) in [7, 11) is 0. The lowest BCUT2D eigenvalue weighted by molar-refractivity contribution is -0.158. The second kappa shape index (κ2) is 8.96. The quantitative estimate of drug-likeness (QED) is 0.565. The lowest BCUT2D eigenvalue weighted by Crippen LogP contribution is -2.63. The number of rotatable bonds is 6. The van der Waals surface area contributed by atoms with Gasteiger partial charge in [0, 0.05) is 41.1 Å². The summed E-state index contributed by atoms with van der Waals surface area (Å²) in [4.78, 5) is 36.4. The number of phenolic OH excluding ortho intramolecular Hbond substituents is 1. The average Bonchev–Trinajstić information content (AvgIpc) is 3.18. The first kappa shape index (κ1) is 22.7. The normalized spacial score (nSPS) is 20.2. The molecule has 2 N–H and O–H groups in total. The average molecular weight is 481 g/mol. The third-order valence-corrected chi connectivity index (χ3v) is 7.40. The zero-order chi connectivity index (χ0) is 24.0. The molecule has 2 atom stereocenters. The van der Waals surface area contributed by atoms with Crippen LogP contribution in [0.5, 0.6) is 5.75 Å². The van der Waals surface area contributed by atoms with Gasteiger partial charge < -0.3 is 24.8 Å². The van der Waals surface area contributed by atoms with Gasteiger partial charge in [-0.1, -0.05) is 37.6 Å². The number of nitrogens with zero attached hydrogens (tertiary/aromatic N) is 3. The van der Waals surface area contributed by atoms with Crippen LogP contribution in [0.4, 0.5) is 0 Å². The summed E-state index contributed by atoms with van der Waals surface area (Å²) in [6.07, 6.45) is 0.428. The van der Waals surface area contributed by atoms with Crippen molar-refractivity contribution in [2.75, 3.05) is 32.7 Å². The molecule has 34 heavy (non-hydrogen) atoms. The van der Waals surface area contributed by atoms with Crippen LogP contribution in [0, 0.1) is 0 Å². The van der Waals surface area contributed by atoms with Crippen LogP contribution >= 0.6 is 11.6 Å². The Morgan fingerprint density at radius 1 is 1.15 bits per heavy atom. The highest BCUT2D eigenvalue weighted by Crippen LogP contribution is 2.43. The van der Waals surface area contributed by atoms with Crippen molar-refractivity contribution in [3.8, 4) is 5.75 Å². The number of carbonyl (C=O) groups excluding carboxylic acids is 2. The van der Waals surface area contributed by atoms with E-state index in [1.165, 1.54) is 0 Å². The zero-order valence-electron chi connectivity index (χ0n) is 19.4. The topological polar surface area (TPSA) is 79.9 Å².